The largest absolute Gasteiger partial charge is 0.316 e. The Labute approximate surface area is 79.7 Å². The van der Waals surface area contributed by atoms with Crippen LogP contribution in [0.25, 0.3) is 0 Å². The van der Waals surface area contributed by atoms with E-state index < -0.39 is 9.15 Å². The van der Waals surface area contributed by atoms with E-state index in [4.69, 9.17) is 13.0 Å². The number of thiol groups is 1. The van der Waals surface area contributed by atoms with Crippen molar-refractivity contribution in [3.05, 3.63) is 24.3 Å². The Bertz CT molecular complexity index is 316. The van der Waals surface area contributed by atoms with Gasteiger partial charge in [-0.05, 0) is 36.0 Å². The van der Waals surface area contributed by atoms with Gasteiger partial charge < -0.3 is 0 Å². The lowest BCUT2D eigenvalue weighted by atomic mass is 10.2. The molecule has 1 aliphatic rings. The molecule has 0 atom stereocenters. The first-order valence-corrected chi connectivity index (χ1v) is 5.42. The Kier molecular flexibility index (Phi) is 4.60. The van der Waals surface area contributed by atoms with Gasteiger partial charge in [-0.3, -0.25) is 14.1 Å². The lowest BCUT2D eigenvalue weighted by molar-refractivity contribution is -0.113. The van der Waals surface area contributed by atoms with Crippen LogP contribution in [-0.4, -0.2) is 24.5 Å². The second-order valence-corrected chi connectivity index (χ2v) is 4.20. The Hall–Kier alpha value is -0.920. The Morgan fingerprint density at radius 1 is 1.00 bits per heavy atom. The lowest BCUT2D eigenvalue weighted by Gasteiger charge is -1.87. The summed E-state index contributed by atoms with van der Waals surface area (Å²) in [7, 11) is -3.97. The second kappa shape index (κ2) is 4.95. The van der Waals surface area contributed by atoms with Crippen LogP contribution in [-0.2, 0) is 18.7 Å². The highest BCUT2D eigenvalue weighted by Crippen LogP contribution is 1.90. The van der Waals surface area contributed by atoms with Crippen molar-refractivity contribution >= 4 is 32.4 Å². The molecule has 0 unspecified atom stereocenters. The highest BCUT2D eigenvalue weighted by Gasteiger charge is 1.97. The van der Waals surface area contributed by atoms with Crippen LogP contribution in [0.15, 0.2) is 24.3 Å². The standard InChI is InChI=1S/C6H4O2.H2O3S2/c7-5-1-2-6(8)4-3-5;1-5(2,3)4/h1-4H;(H2,1,2,3,4). The van der Waals surface area contributed by atoms with Gasteiger partial charge in [0.25, 0.3) is 0 Å². The van der Waals surface area contributed by atoms with E-state index in [0.29, 0.717) is 0 Å². The fourth-order valence-corrected chi connectivity index (χ4v) is 0.440. The first-order valence-electron chi connectivity index (χ1n) is 2.93. The third-order valence-corrected chi connectivity index (χ3v) is 0.824. The van der Waals surface area contributed by atoms with Gasteiger partial charge in [-0.15, -0.1) is 0 Å². The van der Waals surface area contributed by atoms with Crippen molar-refractivity contribution in [2.75, 3.05) is 0 Å². The zero-order chi connectivity index (χ0) is 10.5. The molecule has 13 heavy (non-hydrogen) atoms. The molecule has 1 rings (SSSR count). The van der Waals surface area contributed by atoms with E-state index in [1.54, 1.807) is 0 Å². The average molecular weight is 222 g/mol. The van der Waals surface area contributed by atoms with Crippen LogP contribution in [0.1, 0.15) is 0 Å². The Balaban J connectivity index is 0.000000252. The molecule has 72 valence electrons. The molecule has 0 radical (unpaired) electrons. The minimum atomic E-state index is -3.97. The highest BCUT2D eigenvalue weighted by molar-refractivity contribution is 8.61. The Morgan fingerprint density at radius 2 is 1.15 bits per heavy atom. The van der Waals surface area contributed by atoms with Crippen LogP contribution in [0.2, 0.25) is 0 Å². The summed E-state index contributed by atoms with van der Waals surface area (Å²) in [5.74, 6) is -0.241. The molecular weight excluding hydrogens is 216 g/mol. The summed E-state index contributed by atoms with van der Waals surface area (Å²) >= 11 is 2.65. The van der Waals surface area contributed by atoms with E-state index in [-0.39, 0.29) is 11.6 Å². The minimum Gasteiger partial charge on any atom is -0.290 e. The highest BCUT2D eigenvalue weighted by atomic mass is 33.1. The molecule has 1 N–H and O–H groups in total. The fraction of sp³-hybridized carbons (Fsp3) is 0. The van der Waals surface area contributed by atoms with Crippen molar-refractivity contribution in [2.45, 2.75) is 0 Å². The zero-order valence-corrected chi connectivity index (χ0v) is 7.96. The van der Waals surface area contributed by atoms with Gasteiger partial charge in [-0.2, -0.15) is 8.42 Å². The van der Waals surface area contributed by atoms with E-state index in [1.165, 1.54) is 24.3 Å². The van der Waals surface area contributed by atoms with Crippen molar-refractivity contribution in [3.8, 4) is 0 Å². The van der Waals surface area contributed by atoms with Gasteiger partial charge in [-0.1, -0.05) is 0 Å². The normalized spacial score (nSPS) is 15.2. The molecule has 5 nitrogen and oxygen atoms in total. The summed E-state index contributed by atoms with van der Waals surface area (Å²) in [6, 6.07) is 0. The van der Waals surface area contributed by atoms with E-state index in [1.807, 2.05) is 0 Å². The number of rotatable bonds is 0. The van der Waals surface area contributed by atoms with Gasteiger partial charge in [0.2, 0.25) is 0 Å². The topological polar surface area (TPSA) is 88.5 Å². The van der Waals surface area contributed by atoms with Crippen molar-refractivity contribution in [1.29, 1.82) is 0 Å². The van der Waals surface area contributed by atoms with Gasteiger partial charge in [0, 0.05) is 0 Å². The lowest BCUT2D eigenvalue weighted by Crippen LogP contribution is -1.97. The summed E-state index contributed by atoms with van der Waals surface area (Å²) < 4.78 is 25.5. The monoisotopic (exact) mass is 222 g/mol. The van der Waals surface area contributed by atoms with Crippen molar-refractivity contribution in [1.82, 2.24) is 0 Å². The second-order valence-electron chi connectivity index (χ2n) is 1.92. The molecule has 7 heteroatoms. The van der Waals surface area contributed by atoms with E-state index >= 15 is 0 Å². The SMILES string of the molecule is O=C1C=CC(=O)C=C1.O=S(=O)(O)S. The summed E-state index contributed by atoms with van der Waals surface area (Å²) in [5.41, 5.74) is 0. The first kappa shape index (κ1) is 12.1. The first-order chi connectivity index (χ1) is 5.79. The molecule has 0 saturated heterocycles. The molecule has 0 aromatic heterocycles. The fourth-order valence-electron chi connectivity index (χ4n) is 0.440. The smallest absolute Gasteiger partial charge is 0.290 e. The van der Waals surface area contributed by atoms with Gasteiger partial charge in [-0.25, -0.2) is 0 Å². The van der Waals surface area contributed by atoms with Gasteiger partial charge >= 0.3 is 9.15 Å². The maximum Gasteiger partial charge on any atom is 0.316 e. The van der Waals surface area contributed by atoms with Crippen LogP contribution in [0.4, 0.5) is 0 Å². The summed E-state index contributed by atoms with van der Waals surface area (Å²) in [6.07, 6.45) is 5.01. The Morgan fingerprint density at radius 3 is 1.31 bits per heavy atom. The van der Waals surface area contributed by atoms with Crippen LogP contribution >= 0.6 is 11.7 Å². The number of ketones is 2. The molecule has 0 fully saturated rings. The maximum absolute atomic E-state index is 10.3. The van der Waals surface area contributed by atoms with E-state index in [9.17, 15) is 9.59 Å². The van der Waals surface area contributed by atoms with Gasteiger partial charge in [0.15, 0.2) is 11.6 Å². The van der Waals surface area contributed by atoms with Crippen LogP contribution in [0.3, 0.4) is 0 Å². The predicted octanol–water partition coefficient (Wildman–Crippen LogP) is -0.0304. The van der Waals surface area contributed by atoms with Gasteiger partial charge in [0.1, 0.15) is 0 Å². The van der Waals surface area contributed by atoms with Crippen molar-refractivity contribution in [2.24, 2.45) is 0 Å². The molecule has 0 heterocycles. The average Bonchev–Trinajstić information content (AvgIpc) is 1.92. The van der Waals surface area contributed by atoms with E-state index in [0.717, 1.165) is 0 Å². The summed E-state index contributed by atoms with van der Waals surface area (Å²) in [5, 5.41) is 0. The predicted molar refractivity (Wildman–Crippen MR) is 48.8 cm³/mol. The molecular formula is C6H6O5S2. The molecule has 0 saturated carbocycles. The van der Waals surface area contributed by atoms with Crippen LogP contribution in [0.5, 0.6) is 0 Å². The summed E-state index contributed by atoms with van der Waals surface area (Å²) in [4.78, 5) is 20.6. The number of hydrogen-bond acceptors (Lipinski definition) is 4. The molecule has 0 amide bonds. The third kappa shape index (κ3) is 11.1. The van der Waals surface area contributed by atoms with Gasteiger partial charge in [0.05, 0.1) is 0 Å². The summed E-state index contributed by atoms with van der Waals surface area (Å²) in [6.45, 7) is 0. The van der Waals surface area contributed by atoms with Crippen molar-refractivity contribution < 1.29 is 22.6 Å². The molecule has 0 aromatic carbocycles. The molecule has 0 bridgehead atoms. The minimum absolute atomic E-state index is 0.121. The van der Waals surface area contributed by atoms with Crippen LogP contribution in [0, 0.1) is 0 Å². The molecule has 0 spiro atoms. The zero-order valence-electron chi connectivity index (χ0n) is 6.25. The molecule has 0 aromatic rings. The van der Waals surface area contributed by atoms with Crippen LogP contribution < -0.4 is 0 Å². The quantitative estimate of drug-likeness (QED) is 0.260. The maximum atomic E-state index is 10.3. The number of carbonyl (C=O) groups is 2. The number of allylic oxidation sites excluding steroid dienone is 4. The van der Waals surface area contributed by atoms with E-state index in [2.05, 4.69) is 11.7 Å². The molecule has 0 aliphatic heterocycles. The third-order valence-electron chi connectivity index (χ3n) is 0.824. The number of hydrogen-bond donors (Lipinski definition) is 2. The van der Waals surface area contributed by atoms with Crippen molar-refractivity contribution in [3.63, 3.8) is 0 Å². The molecule has 1 aliphatic carbocycles. The number of carbonyl (C=O) groups excluding carboxylic acids is 2.